The summed E-state index contributed by atoms with van der Waals surface area (Å²) in [7, 11) is 0. The van der Waals surface area contributed by atoms with Crippen LogP contribution in [0.25, 0.3) is 0 Å². The predicted octanol–water partition coefficient (Wildman–Crippen LogP) is 2.03. The quantitative estimate of drug-likeness (QED) is 0.843. The van der Waals surface area contributed by atoms with E-state index in [1.807, 2.05) is 0 Å². The second kappa shape index (κ2) is 5.88. The van der Waals surface area contributed by atoms with Crippen LogP contribution in [0.1, 0.15) is 36.8 Å². The van der Waals surface area contributed by atoms with Gasteiger partial charge in [0.25, 0.3) is 0 Å². The van der Waals surface area contributed by atoms with Crippen molar-refractivity contribution in [1.29, 1.82) is 0 Å². The number of fused-ring (bicyclic) bond motifs is 3. The molecule has 0 aliphatic heterocycles. The molecule has 112 valence electrons. The SMILES string of the molecule is CCOC(=O)CCNC(=O)C1C2CCc3ccccc3C21. The van der Waals surface area contributed by atoms with Gasteiger partial charge in [-0.2, -0.15) is 0 Å². The van der Waals surface area contributed by atoms with E-state index in [4.69, 9.17) is 4.74 Å². The minimum Gasteiger partial charge on any atom is -0.466 e. The Morgan fingerprint density at radius 3 is 2.95 bits per heavy atom. The minimum atomic E-state index is -0.253. The maximum Gasteiger partial charge on any atom is 0.307 e. The molecule has 2 aliphatic carbocycles. The van der Waals surface area contributed by atoms with Crippen LogP contribution in [-0.4, -0.2) is 25.0 Å². The normalized spacial score (nSPS) is 25.5. The zero-order chi connectivity index (χ0) is 14.8. The van der Waals surface area contributed by atoms with Gasteiger partial charge in [-0.1, -0.05) is 24.3 Å². The van der Waals surface area contributed by atoms with Crippen LogP contribution in [0.15, 0.2) is 24.3 Å². The second-order valence-corrected chi connectivity index (χ2v) is 5.80. The number of ether oxygens (including phenoxy) is 1. The summed E-state index contributed by atoms with van der Waals surface area (Å²) in [4.78, 5) is 23.5. The topological polar surface area (TPSA) is 55.4 Å². The summed E-state index contributed by atoms with van der Waals surface area (Å²) < 4.78 is 4.85. The number of nitrogens with one attached hydrogen (secondary N) is 1. The molecule has 0 radical (unpaired) electrons. The van der Waals surface area contributed by atoms with Gasteiger partial charge in [0.15, 0.2) is 0 Å². The zero-order valence-electron chi connectivity index (χ0n) is 12.3. The lowest BCUT2D eigenvalue weighted by molar-refractivity contribution is -0.143. The summed E-state index contributed by atoms with van der Waals surface area (Å²) in [5, 5.41) is 2.88. The molecule has 1 aromatic carbocycles. The van der Waals surface area contributed by atoms with Gasteiger partial charge >= 0.3 is 5.97 Å². The summed E-state index contributed by atoms with van der Waals surface area (Å²) in [5.74, 6) is 0.804. The van der Waals surface area contributed by atoms with E-state index in [0.29, 0.717) is 25.0 Å². The van der Waals surface area contributed by atoms with Crippen LogP contribution in [0.3, 0.4) is 0 Å². The minimum absolute atomic E-state index is 0.0889. The monoisotopic (exact) mass is 287 g/mol. The fraction of sp³-hybridized carbons (Fsp3) is 0.529. The lowest BCUT2D eigenvalue weighted by Gasteiger charge is -2.13. The smallest absolute Gasteiger partial charge is 0.307 e. The van der Waals surface area contributed by atoms with Crippen molar-refractivity contribution < 1.29 is 14.3 Å². The molecule has 3 rings (SSSR count). The number of amides is 1. The first-order valence-corrected chi connectivity index (χ1v) is 7.73. The average molecular weight is 287 g/mol. The number of hydrogen-bond donors (Lipinski definition) is 1. The molecule has 0 heterocycles. The maximum atomic E-state index is 12.3. The largest absolute Gasteiger partial charge is 0.466 e. The summed E-state index contributed by atoms with van der Waals surface area (Å²) >= 11 is 0. The van der Waals surface area contributed by atoms with Crippen molar-refractivity contribution in [2.45, 2.75) is 32.1 Å². The van der Waals surface area contributed by atoms with E-state index >= 15 is 0 Å². The first-order valence-electron chi connectivity index (χ1n) is 7.73. The van der Waals surface area contributed by atoms with E-state index in [2.05, 4.69) is 29.6 Å². The van der Waals surface area contributed by atoms with E-state index in [-0.39, 0.29) is 24.2 Å². The number of hydrogen-bond acceptors (Lipinski definition) is 3. The second-order valence-electron chi connectivity index (χ2n) is 5.80. The first-order chi connectivity index (χ1) is 10.2. The van der Waals surface area contributed by atoms with Gasteiger partial charge in [0, 0.05) is 12.5 Å². The van der Waals surface area contributed by atoms with E-state index in [1.54, 1.807) is 6.92 Å². The van der Waals surface area contributed by atoms with E-state index in [9.17, 15) is 9.59 Å². The van der Waals surface area contributed by atoms with Crippen LogP contribution in [0.4, 0.5) is 0 Å². The van der Waals surface area contributed by atoms with Gasteiger partial charge in [-0.25, -0.2) is 0 Å². The lowest BCUT2D eigenvalue weighted by atomic mass is 9.92. The summed E-state index contributed by atoms with van der Waals surface area (Å²) in [6.45, 7) is 2.54. The molecule has 3 unspecified atom stereocenters. The Morgan fingerprint density at radius 2 is 2.14 bits per heavy atom. The number of esters is 1. The molecule has 4 nitrogen and oxygen atoms in total. The van der Waals surface area contributed by atoms with E-state index in [0.717, 1.165) is 12.8 Å². The summed E-state index contributed by atoms with van der Waals surface area (Å²) in [6, 6.07) is 8.43. The number of carbonyl (C=O) groups excluding carboxylic acids is 2. The number of carbonyl (C=O) groups is 2. The Morgan fingerprint density at radius 1 is 1.33 bits per heavy atom. The van der Waals surface area contributed by atoms with Crippen LogP contribution in [0.2, 0.25) is 0 Å². The molecule has 2 aliphatic rings. The molecule has 3 atom stereocenters. The van der Waals surface area contributed by atoms with Crippen molar-refractivity contribution in [1.82, 2.24) is 5.32 Å². The fourth-order valence-electron chi connectivity index (χ4n) is 3.56. The van der Waals surface area contributed by atoms with Crippen molar-refractivity contribution in [3.8, 4) is 0 Å². The highest BCUT2D eigenvalue weighted by molar-refractivity contribution is 5.84. The third-order valence-corrected chi connectivity index (χ3v) is 4.57. The standard InChI is InChI=1S/C17H21NO3/c1-2-21-14(19)9-10-18-17(20)16-13-8-7-11-5-3-4-6-12(11)15(13)16/h3-6,13,15-16H,2,7-10H2,1H3,(H,18,20). The summed E-state index contributed by atoms with van der Waals surface area (Å²) in [6.07, 6.45) is 2.42. The Kier molecular flexibility index (Phi) is 3.95. The first kappa shape index (κ1) is 14.1. The fourth-order valence-corrected chi connectivity index (χ4v) is 3.56. The molecular formula is C17H21NO3. The van der Waals surface area contributed by atoms with Gasteiger partial charge in [0.05, 0.1) is 13.0 Å². The van der Waals surface area contributed by atoms with Crippen molar-refractivity contribution in [2.75, 3.05) is 13.2 Å². The van der Waals surface area contributed by atoms with Gasteiger partial charge < -0.3 is 10.1 Å². The van der Waals surface area contributed by atoms with Gasteiger partial charge in [0.2, 0.25) is 5.91 Å². The van der Waals surface area contributed by atoms with Crippen molar-refractivity contribution in [3.63, 3.8) is 0 Å². The van der Waals surface area contributed by atoms with Crippen LogP contribution in [-0.2, 0) is 20.7 Å². The maximum absolute atomic E-state index is 12.3. The molecule has 1 saturated carbocycles. The van der Waals surface area contributed by atoms with Gasteiger partial charge in [-0.3, -0.25) is 9.59 Å². The Labute approximate surface area is 124 Å². The molecular weight excluding hydrogens is 266 g/mol. The zero-order valence-corrected chi connectivity index (χ0v) is 12.3. The molecule has 21 heavy (non-hydrogen) atoms. The molecule has 1 fully saturated rings. The van der Waals surface area contributed by atoms with Crippen LogP contribution in [0.5, 0.6) is 0 Å². The van der Waals surface area contributed by atoms with Gasteiger partial charge in [0.1, 0.15) is 0 Å². The van der Waals surface area contributed by atoms with Crippen LogP contribution >= 0.6 is 0 Å². The number of rotatable bonds is 5. The molecule has 1 N–H and O–H groups in total. The summed E-state index contributed by atoms with van der Waals surface area (Å²) in [5.41, 5.74) is 2.74. The Bertz CT molecular complexity index is 555. The Balaban J connectivity index is 1.53. The van der Waals surface area contributed by atoms with Crippen LogP contribution < -0.4 is 5.32 Å². The molecule has 0 spiro atoms. The average Bonchev–Trinajstić information content (AvgIpc) is 3.22. The van der Waals surface area contributed by atoms with Gasteiger partial charge in [-0.05, 0) is 42.7 Å². The Hall–Kier alpha value is -1.84. The highest BCUT2D eigenvalue weighted by atomic mass is 16.5. The van der Waals surface area contributed by atoms with E-state index < -0.39 is 0 Å². The highest BCUT2D eigenvalue weighted by Gasteiger charge is 2.56. The number of benzene rings is 1. The highest BCUT2D eigenvalue weighted by Crippen LogP contribution is 2.59. The van der Waals surface area contributed by atoms with Crippen molar-refractivity contribution in [2.24, 2.45) is 11.8 Å². The third kappa shape index (κ3) is 2.80. The third-order valence-electron chi connectivity index (χ3n) is 4.57. The van der Waals surface area contributed by atoms with Crippen molar-refractivity contribution in [3.05, 3.63) is 35.4 Å². The molecule has 1 amide bonds. The van der Waals surface area contributed by atoms with Crippen LogP contribution in [0, 0.1) is 11.8 Å². The molecule has 0 saturated heterocycles. The lowest BCUT2D eigenvalue weighted by Crippen LogP contribution is -2.28. The number of aryl methyl sites for hydroxylation is 1. The van der Waals surface area contributed by atoms with E-state index in [1.165, 1.54) is 11.1 Å². The molecule has 0 bridgehead atoms. The molecule has 4 heteroatoms. The molecule has 0 aromatic heterocycles. The predicted molar refractivity (Wildman–Crippen MR) is 78.7 cm³/mol. The van der Waals surface area contributed by atoms with Crippen molar-refractivity contribution >= 4 is 11.9 Å². The molecule has 1 aromatic rings. The van der Waals surface area contributed by atoms with Gasteiger partial charge in [-0.15, -0.1) is 0 Å².